The number of rotatable bonds is 2. The topological polar surface area (TPSA) is 76.7 Å². The Balaban J connectivity index is 1.41. The van der Waals surface area contributed by atoms with Gasteiger partial charge in [-0.1, -0.05) is 13.8 Å². The number of carbonyl (C=O) groups excluding carboxylic acids is 1. The second kappa shape index (κ2) is 7.19. The van der Waals surface area contributed by atoms with Crippen LogP contribution in [0.1, 0.15) is 90.0 Å². The van der Waals surface area contributed by atoms with Crippen molar-refractivity contribution >= 4 is 5.97 Å². The molecule has 4 saturated carbocycles. The molecule has 0 spiro atoms. The van der Waals surface area contributed by atoms with E-state index in [1.54, 1.807) is 6.26 Å². The van der Waals surface area contributed by atoms with Crippen LogP contribution >= 0.6 is 0 Å². The van der Waals surface area contributed by atoms with Crippen LogP contribution in [0.15, 0.2) is 27.6 Å². The number of hydrogen-bond donors (Lipinski definition) is 1. The Morgan fingerprint density at radius 2 is 1.87 bits per heavy atom. The van der Waals surface area contributed by atoms with E-state index in [-0.39, 0.29) is 34.4 Å². The molecular weight excluding hydrogens is 392 g/mol. The molecule has 1 heterocycles. The summed E-state index contributed by atoms with van der Waals surface area (Å²) in [5.41, 5.74) is 0.0949. The van der Waals surface area contributed by atoms with Crippen molar-refractivity contribution in [3.63, 3.8) is 0 Å². The van der Waals surface area contributed by atoms with Crippen LogP contribution in [0.3, 0.4) is 0 Å². The standard InChI is InChI=1S/C26H36O5/c1-16(27)31-19-8-11-24(2)18(14-19)5-6-22-21(24)9-12-25(3)20(10-13-26(22,25)29)17-4-7-23(28)30-15-17/h4,7,15,18-22,29H,5-6,8-14H2,1-3H3/t18-,19+,20-,21+,22-,24+,25-,26+/m1/s1. The van der Waals surface area contributed by atoms with E-state index in [1.807, 2.05) is 6.07 Å². The Morgan fingerprint density at radius 1 is 1.06 bits per heavy atom. The fourth-order valence-electron chi connectivity index (χ4n) is 8.63. The van der Waals surface area contributed by atoms with Crippen molar-refractivity contribution in [3.8, 4) is 0 Å². The zero-order valence-corrected chi connectivity index (χ0v) is 19.1. The summed E-state index contributed by atoms with van der Waals surface area (Å²) in [5.74, 6) is 1.47. The Labute approximate surface area is 184 Å². The number of ether oxygens (including phenoxy) is 1. The summed E-state index contributed by atoms with van der Waals surface area (Å²) in [6, 6.07) is 3.41. The maximum absolute atomic E-state index is 12.3. The van der Waals surface area contributed by atoms with Crippen molar-refractivity contribution in [2.75, 3.05) is 0 Å². The molecule has 0 amide bonds. The maximum Gasteiger partial charge on any atom is 0.335 e. The lowest BCUT2D eigenvalue weighted by molar-refractivity contribution is -0.207. The molecule has 0 saturated heterocycles. The number of carbonyl (C=O) groups is 1. The second-order valence-electron chi connectivity index (χ2n) is 11.4. The molecule has 1 aromatic heterocycles. The van der Waals surface area contributed by atoms with Gasteiger partial charge in [-0.05, 0) is 98.5 Å². The third-order valence-electron chi connectivity index (χ3n) is 10.3. The van der Waals surface area contributed by atoms with Gasteiger partial charge in [-0.25, -0.2) is 4.79 Å². The first kappa shape index (κ1) is 21.2. The smallest absolute Gasteiger partial charge is 0.335 e. The van der Waals surface area contributed by atoms with Gasteiger partial charge in [0, 0.05) is 18.4 Å². The minimum atomic E-state index is -0.669. The first-order valence-corrected chi connectivity index (χ1v) is 12.2. The molecule has 4 fully saturated rings. The molecular formula is C26H36O5. The highest BCUT2D eigenvalue weighted by Gasteiger charge is 2.67. The number of hydrogen-bond acceptors (Lipinski definition) is 5. The summed E-state index contributed by atoms with van der Waals surface area (Å²) in [6.07, 6.45) is 10.8. The third kappa shape index (κ3) is 3.06. The first-order chi connectivity index (χ1) is 14.7. The third-order valence-corrected chi connectivity index (χ3v) is 10.3. The monoisotopic (exact) mass is 428 g/mol. The van der Waals surface area contributed by atoms with Crippen LogP contribution < -0.4 is 5.63 Å². The van der Waals surface area contributed by atoms with Crippen molar-refractivity contribution in [2.24, 2.45) is 28.6 Å². The molecule has 4 aliphatic carbocycles. The summed E-state index contributed by atoms with van der Waals surface area (Å²) in [6.45, 7) is 6.23. The number of esters is 1. The van der Waals surface area contributed by atoms with Crippen molar-refractivity contribution in [3.05, 3.63) is 34.4 Å². The van der Waals surface area contributed by atoms with E-state index in [2.05, 4.69) is 13.8 Å². The Bertz CT molecular complexity index is 902. The zero-order valence-electron chi connectivity index (χ0n) is 19.1. The first-order valence-electron chi connectivity index (χ1n) is 12.2. The van der Waals surface area contributed by atoms with Gasteiger partial charge in [0.05, 0.1) is 11.9 Å². The summed E-state index contributed by atoms with van der Waals surface area (Å²) in [4.78, 5) is 22.9. The Hall–Kier alpha value is -1.62. The molecule has 5 nitrogen and oxygen atoms in total. The van der Waals surface area contributed by atoms with Crippen molar-refractivity contribution < 1.29 is 19.1 Å². The van der Waals surface area contributed by atoms with Gasteiger partial charge in [-0.15, -0.1) is 0 Å². The highest BCUT2D eigenvalue weighted by molar-refractivity contribution is 5.66. The van der Waals surface area contributed by atoms with E-state index in [9.17, 15) is 14.7 Å². The van der Waals surface area contributed by atoms with Gasteiger partial charge in [0.15, 0.2) is 0 Å². The highest BCUT2D eigenvalue weighted by Crippen LogP contribution is 2.70. The van der Waals surface area contributed by atoms with Crippen molar-refractivity contribution in [1.82, 2.24) is 0 Å². The molecule has 1 N–H and O–H groups in total. The summed E-state index contributed by atoms with van der Waals surface area (Å²) in [5, 5.41) is 12.3. The SMILES string of the molecule is CC(=O)O[C@H]1CC[C@@]2(C)[C@H](CC[C@@H]3[C@@H]2CC[C@]2(C)[C@@H](c4ccc(=O)oc4)CC[C@]32O)C1. The normalized spacial score (nSPS) is 46.5. The van der Waals surface area contributed by atoms with Gasteiger partial charge in [-0.2, -0.15) is 0 Å². The molecule has 1 aromatic rings. The highest BCUT2D eigenvalue weighted by atomic mass is 16.5. The number of fused-ring (bicyclic) bond motifs is 5. The molecule has 0 unspecified atom stereocenters. The summed E-state index contributed by atoms with van der Waals surface area (Å²) >= 11 is 0. The molecule has 4 aliphatic rings. The van der Waals surface area contributed by atoms with Gasteiger partial charge in [0.25, 0.3) is 0 Å². The summed E-state index contributed by atoms with van der Waals surface area (Å²) in [7, 11) is 0. The molecule has 0 aromatic carbocycles. The van der Waals surface area contributed by atoms with Crippen LogP contribution in [0.2, 0.25) is 0 Å². The Morgan fingerprint density at radius 3 is 2.58 bits per heavy atom. The lowest BCUT2D eigenvalue weighted by atomic mass is 9.43. The van der Waals surface area contributed by atoms with Crippen LogP contribution in [-0.2, 0) is 9.53 Å². The molecule has 5 heteroatoms. The minimum Gasteiger partial charge on any atom is -0.463 e. The van der Waals surface area contributed by atoms with Gasteiger partial charge < -0.3 is 14.3 Å². The fourth-order valence-corrected chi connectivity index (χ4v) is 8.63. The van der Waals surface area contributed by atoms with Gasteiger partial charge in [0.1, 0.15) is 6.10 Å². The summed E-state index contributed by atoms with van der Waals surface area (Å²) < 4.78 is 10.8. The number of aliphatic hydroxyl groups is 1. The van der Waals surface area contributed by atoms with Crippen molar-refractivity contribution in [1.29, 1.82) is 0 Å². The van der Waals surface area contributed by atoms with Gasteiger partial charge in [0.2, 0.25) is 0 Å². The van der Waals surface area contributed by atoms with E-state index in [0.29, 0.717) is 17.8 Å². The average molecular weight is 429 g/mol. The predicted molar refractivity (Wildman–Crippen MR) is 116 cm³/mol. The van der Waals surface area contributed by atoms with Crippen LogP contribution in [-0.4, -0.2) is 22.8 Å². The minimum absolute atomic E-state index is 0.0627. The van der Waals surface area contributed by atoms with E-state index in [4.69, 9.17) is 9.15 Å². The molecule has 170 valence electrons. The van der Waals surface area contributed by atoms with Crippen LogP contribution in [0.5, 0.6) is 0 Å². The Kier molecular flexibility index (Phi) is 4.93. The predicted octanol–water partition coefficient (Wildman–Crippen LogP) is 4.81. The fraction of sp³-hybridized carbons (Fsp3) is 0.769. The van der Waals surface area contributed by atoms with Gasteiger partial charge >= 0.3 is 11.6 Å². The van der Waals surface area contributed by atoms with Crippen LogP contribution in [0, 0.1) is 28.6 Å². The van der Waals surface area contributed by atoms with Crippen LogP contribution in [0.4, 0.5) is 0 Å². The van der Waals surface area contributed by atoms with Crippen LogP contribution in [0.25, 0.3) is 0 Å². The molecule has 8 atom stereocenters. The van der Waals surface area contributed by atoms with E-state index in [0.717, 1.165) is 63.4 Å². The largest absolute Gasteiger partial charge is 0.463 e. The second-order valence-corrected chi connectivity index (χ2v) is 11.4. The van der Waals surface area contributed by atoms with Crippen molar-refractivity contribution in [2.45, 2.75) is 96.2 Å². The molecule has 31 heavy (non-hydrogen) atoms. The lowest BCUT2D eigenvalue weighted by Crippen LogP contribution is -2.62. The lowest BCUT2D eigenvalue weighted by Gasteiger charge is -2.63. The van der Waals surface area contributed by atoms with E-state index < -0.39 is 5.60 Å². The van der Waals surface area contributed by atoms with Gasteiger partial charge in [-0.3, -0.25) is 4.79 Å². The maximum atomic E-state index is 12.3. The molecule has 0 radical (unpaired) electrons. The molecule has 5 rings (SSSR count). The molecule has 0 aliphatic heterocycles. The average Bonchev–Trinajstić information content (AvgIpc) is 3.00. The quantitative estimate of drug-likeness (QED) is 0.684. The van der Waals surface area contributed by atoms with E-state index >= 15 is 0 Å². The molecule has 0 bridgehead atoms. The zero-order chi connectivity index (χ0) is 22.0. The van der Waals surface area contributed by atoms with E-state index in [1.165, 1.54) is 13.0 Å².